The third-order valence-electron chi connectivity index (χ3n) is 2.93. The highest BCUT2D eigenvalue weighted by molar-refractivity contribution is 5.65. The molecule has 13 heavy (non-hydrogen) atoms. The van der Waals surface area contributed by atoms with Crippen LogP contribution in [0.1, 0.15) is 51.9 Å². The zero-order chi connectivity index (χ0) is 9.68. The van der Waals surface area contributed by atoms with Gasteiger partial charge in [-0.2, -0.15) is 0 Å². The lowest BCUT2D eigenvalue weighted by atomic mass is 10.1. The fourth-order valence-electron chi connectivity index (χ4n) is 1.96. The number of carbonyl (C=O) groups excluding carboxylic acids is 1. The number of carboxylic acid groups (broad SMARTS) is 1. The van der Waals surface area contributed by atoms with Crippen molar-refractivity contribution in [3.8, 4) is 0 Å². The van der Waals surface area contributed by atoms with E-state index in [1.54, 1.807) is 0 Å². The van der Waals surface area contributed by atoms with E-state index in [-0.39, 0.29) is 0 Å². The number of hydrogen-bond acceptors (Lipinski definition) is 2. The number of hydrogen-bond donors (Lipinski definition) is 0. The number of rotatable bonds is 7. The van der Waals surface area contributed by atoms with Crippen molar-refractivity contribution < 1.29 is 9.90 Å². The Bertz CT molecular complexity index is 165. The minimum absolute atomic E-state index is 0.290. The van der Waals surface area contributed by atoms with Crippen LogP contribution in [0.2, 0.25) is 0 Å². The maximum absolute atomic E-state index is 10.3. The normalized spacial score (nSPS) is 25.9. The summed E-state index contributed by atoms with van der Waals surface area (Å²) in [6, 6.07) is 0. The second-order valence-electron chi connectivity index (χ2n) is 4.18. The standard InChI is InChI=1S/C11H20O2/c1-2-3-4-5-6-9-7-10(9)8-11(12)13/h9-10H,2-8H2,1H3,(H,12,13)/p-1. The number of unbranched alkanes of at least 4 members (excludes halogenated alkanes) is 3. The number of carbonyl (C=O) groups is 1. The van der Waals surface area contributed by atoms with Gasteiger partial charge in [0.25, 0.3) is 0 Å². The van der Waals surface area contributed by atoms with Crippen molar-refractivity contribution in [3.63, 3.8) is 0 Å². The van der Waals surface area contributed by atoms with Crippen molar-refractivity contribution in [1.82, 2.24) is 0 Å². The first-order valence-corrected chi connectivity index (χ1v) is 5.44. The third-order valence-corrected chi connectivity index (χ3v) is 2.93. The molecule has 0 aliphatic heterocycles. The second kappa shape index (κ2) is 5.25. The molecule has 0 spiro atoms. The first-order chi connectivity index (χ1) is 6.24. The molecule has 2 unspecified atom stereocenters. The van der Waals surface area contributed by atoms with Crippen molar-refractivity contribution in [1.29, 1.82) is 0 Å². The highest BCUT2D eigenvalue weighted by atomic mass is 16.4. The van der Waals surface area contributed by atoms with E-state index in [2.05, 4.69) is 6.92 Å². The van der Waals surface area contributed by atoms with Crippen LogP contribution in [-0.4, -0.2) is 5.97 Å². The molecule has 0 N–H and O–H groups in total. The van der Waals surface area contributed by atoms with Gasteiger partial charge in [0.05, 0.1) is 0 Å². The van der Waals surface area contributed by atoms with Gasteiger partial charge in [0.1, 0.15) is 0 Å². The van der Waals surface area contributed by atoms with Crippen LogP contribution in [-0.2, 0) is 4.79 Å². The molecular formula is C11H19O2-. The Kier molecular flexibility index (Phi) is 4.26. The molecule has 1 fully saturated rings. The second-order valence-corrected chi connectivity index (χ2v) is 4.18. The predicted octanol–water partition coefficient (Wildman–Crippen LogP) is 1.73. The summed E-state index contributed by atoms with van der Waals surface area (Å²) < 4.78 is 0. The van der Waals surface area contributed by atoms with Gasteiger partial charge in [-0.3, -0.25) is 0 Å². The molecule has 0 bridgehead atoms. The van der Waals surface area contributed by atoms with E-state index < -0.39 is 5.97 Å². The van der Waals surface area contributed by atoms with E-state index in [1.165, 1.54) is 32.1 Å². The fourth-order valence-corrected chi connectivity index (χ4v) is 1.96. The lowest BCUT2D eigenvalue weighted by Gasteiger charge is -2.01. The lowest BCUT2D eigenvalue weighted by molar-refractivity contribution is -0.306. The summed E-state index contributed by atoms with van der Waals surface area (Å²) in [7, 11) is 0. The molecule has 1 aliphatic rings. The van der Waals surface area contributed by atoms with Crippen LogP contribution in [0.25, 0.3) is 0 Å². The molecule has 1 rings (SSSR count). The van der Waals surface area contributed by atoms with Crippen LogP contribution in [0.3, 0.4) is 0 Å². The molecule has 1 aliphatic carbocycles. The molecule has 2 nitrogen and oxygen atoms in total. The smallest absolute Gasteiger partial charge is 0.0417 e. The molecule has 0 saturated heterocycles. The summed E-state index contributed by atoms with van der Waals surface area (Å²) in [5.74, 6) is 0.280. The lowest BCUT2D eigenvalue weighted by Crippen LogP contribution is -2.22. The average Bonchev–Trinajstić information content (AvgIpc) is 2.76. The summed E-state index contributed by atoms with van der Waals surface area (Å²) in [5, 5.41) is 10.3. The van der Waals surface area contributed by atoms with Gasteiger partial charge in [0.2, 0.25) is 0 Å². The Balaban J connectivity index is 1.92. The van der Waals surface area contributed by atoms with Crippen molar-refractivity contribution in [2.75, 3.05) is 0 Å². The molecule has 1 saturated carbocycles. The summed E-state index contributed by atoms with van der Waals surface area (Å²) in [6.07, 6.45) is 7.83. The highest BCUT2D eigenvalue weighted by Gasteiger charge is 2.35. The van der Waals surface area contributed by atoms with E-state index in [4.69, 9.17) is 0 Å². The van der Waals surface area contributed by atoms with Crippen molar-refractivity contribution in [3.05, 3.63) is 0 Å². The maximum atomic E-state index is 10.3. The Morgan fingerprint density at radius 1 is 1.31 bits per heavy atom. The largest absolute Gasteiger partial charge is 0.550 e. The van der Waals surface area contributed by atoms with E-state index >= 15 is 0 Å². The Morgan fingerprint density at radius 3 is 2.69 bits per heavy atom. The zero-order valence-electron chi connectivity index (χ0n) is 8.42. The molecule has 0 aromatic rings. The average molecular weight is 183 g/mol. The van der Waals surface area contributed by atoms with E-state index in [9.17, 15) is 9.90 Å². The molecule has 0 aromatic heterocycles. The molecule has 76 valence electrons. The van der Waals surface area contributed by atoms with Crippen LogP contribution in [0.4, 0.5) is 0 Å². The zero-order valence-corrected chi connectivity index (χ0v) is 8.42. The highest BCUT2D eigenvalue weighted by Crippen LogP contribution is 2.44. The molecule has 2 atom stereocenters. The molecule has 0 aromatic carbocycles. The summed E-state index contributed by atoms with van der Waals surface area (Å²) in [4.78, 5) is 10.3. The first kappa shape index (κ1) is 10.6. The Morgan fingerprint density at radius 2 is 2.08 bits per heavy atom. The van der Waals surface area contributed by atoms with Gasteiger partial charge in [0.15, 0.2) is 0 Å². The van der Waals surface area contributed by atoms with Crippen molar-refractivity contribution >= 4 is 5.97 Å². The minimum Gasteiger partial charge on any atom is -0.550 e. The van der Waals surface area contributed by atoms with Gasteiger partial charge in [-0.15, -0.1) is 0 Å². The van der Waals surface area contributed by atoms with E-state index in [0.29, 0.717) is 18.3 Å². The van der Waals surface area contributed by atoms with Gasteiger partial charge < -0.3 is 9.90 Å². The monoisotopic (exact) mass is 183 g/mol. The van der Waals surface area contributed by atoms with Crippen LogP contribution in [0.15, 0.2) is 0 Å². The topological polar surface area (TPSA) is 40.1 Å². The van der Waals surface area contributed by atoms with E-state index in [0.717, 1.165) is 6.42 Å². The summed E-state index contributed by atoms with van der Waals surface area (Å²) >= 11 is 0. The summed E-state index contributed by atoms with van der Waals surface area (Å²) in [6.45, 7) is 2.20. The van der Waals surface area contributed by atoms with Crippen LogP contribution in [0.5, 0.6) is 0 Å². The molecular weight excluding hydrogens is 164 g/mol. The maximum Gasteiger partial charge on any atom is 0.0417 e. The van der Waals surface area contributed by atoms with Crippen LogP contribution >= 0.6 is 0 Å². The van der Waals surface area contributed by atoms with Gasteiger partial charge >= 0.3 is 0 Å². The SMILES string of the molecule is CCCCCCC1CC1CC(=O)[O-]. The fraction of sp³-hybridized carbons (Fsp3) is 0.909. The third kappa shape index (κ3) is 4.30. The van der Waals surface area contributed by atoms with Gasteiger partial charge in [-0.05, 0) is 24.7 Å². The summed E-state index contributed by atoms with van der Waals surface area (Å²) in [5.41, 5.74) is 0. The van der Waals surface area contributed by atoms with Gasteiger partial charge in [-0.1, -0.05) is 39.0 Å². The van der Waals surface area contributed by atoms with Crippen LogP contribution < -0.4 is 5.11 Å². The number of carboxylic acids is 1. The molecule has 0 amide bonds. The molecule has 0 heterocycles. The Labute approximate surface area is 80.3 Å². The van der Waals surface area contributed by atoms with Crippen molar-refractivity contribution in [2.24, 2.45) is 11.8 Å². The molecule has 0 radical (unpaired) electrons. The molecule has 2 heteroatoms. The number of aliphatic carboxylic acids is 1. The minimum atomic E-state index is -0.874. The van der Waals surface area contributed by atoms with E-state index in [1.807, 2.05) is 0 Å². The first-order valence-electron chi connectivity index (χ1n) is 5.44. The van der Waals surface area contributed by atoms with Gasteiger partial charge in [0, 0.05) is 5.97 Å². The van der Waals surface area contributed by atoms with Crippen molar-refractivity contribution in [2.45, 2.75) is 51.9 Å². The quantitative estimate of drug-likeness (QED) is 0.564. The Hall–Kier alpha value is -0.530. The van der Waals surface area contributed by atoms with Crippen LogP contribution in [0, 0.1) is 11.8 Å². The predicted molar refractivity (Wildman–Crippen MR) is 50.0 cm³/mol. The van der Waals surface area contributed by atoms with Gasteiger partial charge in [-0.25, -0.2) is 0 Å².